The van der Waals surface area contributed by atoms with E-state index in [1.807, 2.05) is 60.7 Å². The number of hydrogen-bond donors (Lipinski definition) is 2. The van der Waals surface area contributed by atoms with Gasteiger partial charge >= 0.3 is 7.12 Å². The SMILES string of the molecule is C.O=C(c1ccc(B(O)O)cc1)N(Cc1ccccc1)c1ccccc1. The van der Waals surface area contributed by atoms with Crippen molar-refractivity contribution in [2.45, 2.75) is 14.0 Å². The molecule has 26 heavy (non-hydrogen) atoms. The summed E-state index contributed by atoms with van der Waals surface area (Å²) in [7, 11) is -1.54. The van der Waals surface area contributed by atoms with Gasteiger partial charge in [0, 0.05) is 11.3 Å². The number of amides is 1. The van der Waals surface area contributed by atoms with E-state index in [4.69, 9.17) is 0 Å². The topological polar surface area (TPSA) is 60.8 Å². The molecule has 0 bridgehead atoms. The molecule has 0 radical (unpaired) electrons. The van der Waals surface area contributed by atoms with Crippen LogP contribution in [0.15, 0.2) is 84.9 Å². The summed E-state index contributed by atoms with van der Waals surface area (Å²) in [5.74, 6) is -0.144. The molecular weight excluding hydrogens is 325 g/mol. The molecule has 4 nitrogen and oxygen atoms in total. The molecule has 0 fully saturated rings. The molecule has 1 amide bonds. The van der Waals surface area contributed by atoms with Crippen LogP contribution in [0.1, 0.15) is 23.3 Å². The first-order chi connectivity index (χ1) is 12.1. The molecular formula is C21H22BNO3. The molecule has 0 aliphatic heterocycles. The predicted molar refractivity (Wildman–Crippen MR) is 106 cm³/mol. The molecule has 3 rings (SSSR count). The number of nitrogens with zero attached hydrogens (tertiary/aromatic N) is 1. The van der Waals surface area contributed by atoms with Crippen LogP contribution in [0.25, 0.3) is 0 Å². The van der Waals surface area contributed by atoms with Crippen LogP contribution in [0.3, 0.4) is 0 Å². The predicted octanol–water partition coefficient (Wildman–Crippen LogP) is 2.85. The van der Waals surface area contributed by atoms with Crippen LogP contribution < -0.4 is 10.4 Å². The van der Waals surface area contributed by atoms with Crippen molar-refractivity contribution in [3.63, 3.8) is 0 Å². The van der Waals surface area contributed by atoms with Crippen LogP contribution in [0.4, 0.5) is 5.69 Å². The van der Waals surface area contributed by atoms with Gasteiger partial charge in [-0.3, -0.25) is 4.79 Å². The van der Waals surface area contributed by atoms with Crippen molar-refractivity contribution in [1.82, 2.24) is 0 Å². The fourth-order valence-corrected chi connectivity index (χ4v) is 2.61. The van der Waals surface area contributed by atoms with Gasteiger partial charge in [-0.2, -0.15) is 0 Å². The monoisotopic (exact) mass is 347 g/mol. The number of anilines is 1. The number of carbonyl (C=O) groups excluding carboxylic acids is 1. The van der Waals surface area contributed by atoms with E-state index in [0.717, 1.165) is 11.3 Å². The number of rotatable bonds is 5. The van der Waals surface area contributed by atoms with E-state index < -0.39 is 7.12 Å². The maximum Gasteiger partial charge on any atom is 0.488 e. The van der Waals surface area contributed by atoms with E-state index >= 15 is 0 Å². The van der Waals surface area contributed by atoms with Crippen molar-refractivity contribution < 1.29 is 14.8 Å². The minimum absolute atomic E-state index is 0. The number of benzene rings is 3. The average Bonchev–Trinajstić information content (AvgIpc) is 2.67. The van der Waals surface area contributed by atoms with Gasteiger partial charge < -0.3 is 14.9 Å². The first kappa shape index (κ1) is 19.4. The second-order valence-electron chi connectivity index (χ2n) is 5.71. The average molecular weight is 347 g/mol. The lowest BCUT2D eigenvalue weighted by Crippen LogP contribution is -2.32. The van der Waals surface area contributed by atoms with Crippen molar-refractivity contribution in [2.24, 2.45) is 0 Å². The summed E-state index contributed by atoms with van der Waals surface area (Å²) < 4.78 is 0. The molecule has 0 aliphatic carbocycles. The smallest absolute Gasteiger partial charge is 0.423 e. The lowest BCUT2D eigenvalue weighted by molar-refractivity contribution is 0.0985. The molecule has 0 atom stereocenters. The molecule has 5 heteroatoms. The Morgan fingerprint density at radius 3 is 1.88 bits per heavy atom. The molecule has 0 saturated carbocycles. The van der Waals surface area contributed by atoms with Crippen LogP contribution >= 0.6 is 0 Å². The van der Waals surface area contributed by atoms with Gasteiger partial charge in [-0.1, -0.05) is 68.1 Å². The largest absolute Gasteiger partial charge is 0.488 e. The highest BCUT2D eigenvalue weighted by molar-refractivity contribution is 6.58. The molecule has 0 unspecified atom stereocenters. The first-order valence-electron chi connectivity index (χ1n) is 8.02. The van der Waals surface area contributed by atoms with Gasteiger partial charge in [-0.05, 0) is 35.3 Å². The Balaban J connectivity index is 0.00000243. The Kier molecular flexibility index (Phi) is 6.72. The van der Waals surface area contributed by atoms with Gasteiger partial charge in [-0.25, -0.2) is 0 Å². The maximum absolute atomic E-state index is 13.0. The first-order valence-corrected chi connectivity index (χ1v) is 8.02. The summed E-state index contributed by atoms with van der Waals surface area (Å²) in [6, 6.07) is 25.6. The zero-order chi connectivity index (χ0) is 17.6. The minimum atomic E-state index is -1.54. The number of para-hydroxylation sites is 1. The molecule has 0 spiro atoms. The fraction of sp³-hybridized carbons (Fsp3) is 0.0952. The van der Waals surface area contributed by atoms with Crippen LogP contribution in [0.5, 0.6) is 0 Å². The molecule has 0 saturated heterocycles. The third-order valence-electron chi connectivity index (χ3n) is 3.95. The van der Waals surface area contributed by atoms with Crippen molar-refractivity contribution in [3.8, 4) is 0 Å². The highest BCUT2D eigenvalue weighted by atomic mass is 16.4. The second-order valence-corrected chi connectivity index (χ2v) is 5.71. The van der Waals surface area contributed by atoms with Crippen LogP contribution in [-0.4, -0.2) is 23.1 Å². The third kappa shape index (κ3) is 4.60. The summed E-state index contributed by atoms with van der Waals surface area (Å²) in [5, 5.41) is 18.4. The van der Waals surface area contributed by atoms with Crippen LogP contribution in [0.2, 0.25) is 0 Å². The second kappa shape index (κ2) is 8.99. The van der Waals surface area contributed by atoms with E-state index in [1.165, 1.54) is 0 Å². The normalized spacial score (nSPS) is 9.92. The summed E-state index contributed by atoms with van der Waals surface area (Å²) >= 11 is 0. The Morgan fingerprint density at radius 2 is 1.35 bits per heavy atom. The van der Waals surface area contributed by atoms with Crippen molar-refractivity contribution >= 4 is 24.2 Å². The zero-order valence-electron chi connectivity index (χ0n) is 13.6. The van der Waals surface area contributed by atoms with Crippen molar-refractivity contribution in [2.75, 3.05) is 4.90 Å². The zero-order valence-corrected chi connectivity index (χ0v) is 13.6. The van der Waals surface area contributed by atoms with Gasteiger partial charge in [0.1, 0.15) is 0 Å². The molecule has 0 heterocycles. The Morgan fingerprint density at radius 1 is 0.808 bits per heavy atom. The van der Waals surface area contributed by atoms with Crippen molar-refractivity contribution in [1.29, 1.82) is 0 Å². The van der Waals surface area contributed by atoms with E-state index in [9.17, 15) is 14.8 Å². The third-order valence-corrected chi connectivity index (χ3v) is 3.95. The van der Waals surface area contributed by atoms with E-state index in [1.54, 1.807) is 29.2 Å². The lowest BCUT2D eigenvalue weighted by atomic mass is 9.80. The van der Waals surface area contributed by atoms with E-state index in [-0.39, 0.29) is 13.3 Å². The molecule has 0 aliphatic rings. The van der Waals surface area contributed by atoms with Gasteiger partial charge in [-0.15, -0.1) is 0 Å². The van der Waals surface area contributed by atoms with Gasteiger partial charge in [0.25, 0.3) is 5.91 Å². The molecule has 0 aromatic heterocycles. The molecule has 3 aromatic carbocycles. The summed E-state index contributed by atoms with van der Waals surface area (Å²) in [4.78, 5) is 14.7. The quantitative estimate of drug-likeness (QED) is 0.698. The maximum atomic E-state index is 13.0. The van der Waals surface area contributed by atoms with Crippen LogP contribution in [-0.2, 0) is 6.54 Å². The number of hydrogen-bond acceptors (Lipinski definition) is 3. The van der Waals surface area contributed by atoms with Crippen molar-refractivity contribution in [3.05, 3.63) is 96.1 Å². The highest BCUT2D eigenvalue weighted by Gasteiger charge is 2.19. The Labute approximate surface area is 154 Å². The van der Waals surface area contributed by atoms with E-state index in [0.29, 0.717) is 17.6 Å². The van der Waals surface area contributed by atoms with Gasteiger partial charge in [0.05, 0.1) is 6.54 Å². The molecule has 132 valence electrons. The Bertz CT molecular complexity index is 821. The highest BCUT2D eigenvalue weighted by Crippen LogP contribution is 2.19. The van der Waals surface area contributed by atoms with Crippen LogP contribution in [0, 0.1) is 0 Å². The number of carbonyl (C=O) groups is 1. The summed E-state index contributed by atoms with van der Waals surface area (Å²) in [6.45, 7) is 0.452. The van der Waals surface area contributed by atoms with Gasteiger partial charge in [0.2, 0.25) is 0 Å². The summed E-state index contributed by atoms with van der Waals surface area (Å²) in [6.07, 6.45) is 0. The standard InChI is InChI=1S/C20H18BNO3.CH4/c23-20(17-11-13-18(14-12-17)21(24)25)22(19-9-5-2-6-10-19)15-16-7-3-1-4-8-16;/h1-14,24-25H,15H2;1H4. The minimum Gasteiger partial charge on any atom is -0.423 e. The van der Waals surface area contributed by atoms with Gasteiger partial charge in [0.15, 0.2) is 0 Å². The fourth-order valence-electron chi connectivity index (χ4n) is 2.61. The molecule has 2 N–H and O–H groups in total. The molecule has 3 aromatic rings. The summed E-state index contributed by atoms with van der Waals surface area (Å²) in [5.41, 5.74) is 2.68. The lowest BCUT2D eigenvalue weighted by Gasteiger charge is -2.23. The van der Waals surface area contributed by atoms with E-state index in [2.05, 4.69) is 0 Å². The Hall–Kier alpha value is -2.89.